The van der Waals surface area contributed by atoms with Crippen molar-refractivity contribution in [1.29, 1.82) is 15.8 Å². The average molecular weight is 397 g/mol. The Bertz CT molecular complexity index is 1030. The third-order valence-electron chi connectivity index (χ3n) is 3.57. The van der Waals surface area contributed by atoms with E-state index in [1.165, 1.54) is 19.0 Å². The molecule has 0 aliphatic rings. The number of aromatic nitrogens is 1. The van der Waals surface area contributed by atoms with Crippen LogP contribution >= 0.6 is 23.4 Å². The second-order valence-corrected chi connectivity index (χ2v) is 6.99. The highest BCUT2D eigenvalue weighted by Crippen LogP contribution is 2.39. The lowest BCUT2D eigenvalue weighted by Crippen LogP contribution is -2.30. The molecule has 0 bridgehead atoms. The molecule has 27 heavy (non-hydrogen) atoms. The van der Waals surface area contributed by atoms with E-state index in [0.29, 0.717) is 10.6 Å². The zero-order chi connectivity index (χ0) is 20.1. The van der Waals surface area contributed by atoms with E-state index >= 15 is 0 Å². The molecule has 7 nitrogen and oxygen atoms in total. The minimum Gasteiger partial charge on any atom is -0.383 e. The highest BCUT2D eigenvalue weighted by atomic mass is 35.5. The van der Waals surface area contributed by atoms with Crippen LogP contribution in [0.4, 0.5) is 5.82 Å². The Labute approximate surface area is 165 Å². The van der Waals surface area contributed by atoms with Gasteiger partial charge in [-0.1, -0.05) is 41.6 Å². The number of nitrogen functional groups attached to an aromatic ring is 1. The number of benzene rings is 1. The van der Waals surface area contributed by atoms with Crippen LogP contribution in [0.25, 0.3) is 11.1 Å². The zero-order valence-corrected chi connectivity index (χ0v) is 16.0. The molecule has 134 valence electrons. The molecule has 2 N–H and O–H groups in total. The summed E-state index contributed by atoms with van der Waals surface area (Å²) >= 11 is 7.05. The molecule has 9 heteroatoms. The maximum atomic E-state index is 12.2. The zero-order valence-electron chi connectivity index (χ0n) is 14.4. The van der Waals surface area contributed by atoms with Gasteiger partial charge in [0.05, 0.1) is 11.6 Å². The molecule has 0 saturated heterocycles. The van der Waals surface area contributed by atoms with Crippen molar-refractivity contribution in [2.45, 2.75) is 10.3 Å². The fourth-order valence-corrected chi connectivity index (χ4v) is 3.53. The Balaban J connectivity index is 2.75. The van der Waals surface area contributed by atoms with Gasteiger partial charge in [-0.2, -0.15) is 15.8 Å². The molecule has 1 aromatic carbocycles. The van der Waals surface area contributed by atoms with Gasteiger partial charge in [0.15, 0.2) is 5.25 Å². The monoisotopic (exact) mass is 396 g/mol. The van der Waals surface area contributed by atoms with Crippen LogP contribution in [-0.4, -0.2) is 35.1 Å². The van der Waals surface area contributed by atoms with E-state index in [2.05, 4.69) is 4.98 Å². The topological polar surface area (TPSA) is 131 Å². The van der Waals surface area contributed by atoms with Crippen molar-refractivity contribution in [3.63, 3.8) is 0 Å². The number of carbonyl (C=O) groups is 1. The van der Waals surface area contributed by atoms with E-state index in [-0.39, 0.29) is 27.5 Å². The van der Waals surface area contributed by atoms with Crippen molar-refractivity contribution < 1.29 is 4.79 Å². The average Bonchev–Trinajstić information content (AvgIpc) is 2.65. The number of nitrogens with two attached hydrogens (primary N) is 1. The van der Waals surface area contributed by atoms with E-state index in [4.69, 9.17) is 17.3 Å². The molecule has 0 fully saturated rings. The second-order valence-electron chi connectivity index (χ2n) is 5.49. The quantitative estimate of drug-likeness (QED) is 0.786. The molecule has 0 aliphatic heterocycles. The van der Waals surface area contributed by atoms with Crippen molar-refractivity contribution in [3.05, 3.63) is 40.4 Å². The Hall–Kier alpha value is -3.25. The van der Waals surface area contributed by atoms with Gasteiger partial charge in [-0.15, -0.1) is 0 Å². The molecule has 0 spiro atoms. The molecular formula is C18H13ClN6OS. The summed E-state index contributed by atoms with van der Waals surface area (Å²) in [4.78, 5) is 17.5. The maximum absolute atomic E-state index is 12.2. The largest absolute Gasteiger partial charge is 0.383 e. The molecule has 2 rings (SSSR count). The third kappa shape index (κ3) is 3.96. The molecule has 2 aromatic rings. The molecule has 1 heterocycles. The highest BCUT2D eigenvalue weighted by Gasteiger charge is 2.27. The first-order valence-electron chi connectivity index (χ1n) is 7.51. The predicted molar refractivity (Wildman–Crippen MR) is 102 cm³/mol. The van der Waals surface area contributed by atoms with Crippen LogP contribution in [0.1, 0.15) is 11.1 Å². The minimum atomic E-state index is -1.12. The van der Waals surface area contributed by atoms with Crippen LogP contribution in [0.15, 0.2) is 29.3 Å². The van der Waals surface area contributed by atoms with Gasteiger partial charge in [0.1, 0.15) is 28.5 Å². The number of pyridine rings is 1. The number of hydrogen-bond donors (Lipinski definition) is 1. The Morgan fingerprint density at radius 2 is 1.85 bits per heavy atom. The van der Waals surface area contributed by atoms with E-state index in [0.717, 1.165) is 11.8 Å². The molecule has 0 saturated carbocycles. The fourth-order valence-electron chi connectivity index (χ4n) is 2.29. The number of carbonyl (C=O) groups excluding carboxylic acids is 1. The first-order chi connectivity index (χ1) is 12.8. The van der Waals surface area contributed by atoms with Gasteiger partial charge < -0.3 is 10.6 Å². The predicted octanol–water partition coefficient (Wildman–Crippen LogP) is 2.80. The number of hydrogen-bond acceptors (Lipinski definition) is 7. The van der Waals surface area contributed by atoms with Gasteiger partial charge in [-0.05, 0) is 6.07 Å². The van der Waals surface area contributed by atoms with Crippen LogP contribution < -0.4 is 5.73 Å². The molecule has 1 atom stereocenters. The van der Waals surface area contributed by atoms with Crippen molar-refractivity contribution in [3.8, 4) is 29.3 Å². The van der Waals surface area contributed by atoms with E-state index in [1.54, 1.807) is 24.3 Å². The number of nitrogens with zero attached hydrogens (tertiary/aromatic N) is 5. The van der Waals surface area contributed by atoms with Crippen LogP contribution in [-0.2, 0) is 4.79 Å². The van der Waals surface area contributed by atoms with Crippen molar-refractivity contribution in [2.24, 2.45) is 0 Å². The summed E-state index contributed by atoms with van der Waals surface area (Å²) in [5, 5.41) is 27.9. The van der Waals surface area contributed by atoms with Crippen molar-refractivity contribution >= 4 is 35.1 Å². The number of thioether (sulfide) groups is 1. The lowest BCUT2D eigenvalue weighted by Gasteiger charge is -2.17. The van der Waals surface area contributed by atoms with Gasteiger partial charge in [-0.3, -0.25) is 4.79 Å². The SMILES string of the molecule is CN(C)C(=O)C(C#N)Sc1nc(N)c(C#N)c(-c2ccccc2Cl)c1C#N. The summed E-state index contributed by atoms with van der Waals surface area (Å²) < 4.78 is 0. The molecule has 1 aromatic heterocycles. The normalized spacial score (nSPS) is 11.0. The third-order valence-corrected chi connectivity index (χ3v) is 4.96. The molecule has 0 radical (unpaired) electrons. The van der Waals surface area contributed by atoms with Gasteiger partial charge in [0.2, 0.25) is 5.91 Å². The standard InChI is InChI=1S/C18H13ClN6OS/c1-25(2)18(26)14(9-22)27-17-12(8-21)15(11(7-20)16(23)24-17)10-5-3-4-6-13(10)19/h3-6,14H,1-2H3,(H2,23,24). The van der Waals surface area contributed by atoms with Gasteiger partial charge in [0, 0.05) is 30.2 Å². The number of nitriles is 3. The lowest BCUT2D eigenvalue weighted by molar-refractivity contribution is -0.127. The van der Waals surface area contributed by atoms with Crippen LogP contribution in [0.2, 0.25) is 5.02 Å². The number of anilines is 1. The molecule has 0 aliphatic carbocycles. The van der Waals surface area contributed by atoms with Crippen molar-refractivity contribution in [1.82, 2.24) is 9.88 Å². The van der Waals surface area contributed by atoms with Gasteiger partial charge >= 0.3 is 0 Å². The maximum Gasteiger partial charge on any atom is 0.250 e. The second kappa shape index (κ2) is 8.42. The van der Waals surface area contributed by atoms with E-state index in [9.17, 15) is 20.6 Å². The number of halogens is 1. The fraction of sp³-hybridized carbons (Fsp3) is 0.167. The Morgan fingerprint density at radius 1 is 1.22 bits per heavy atom. The van der Waals surface area contributed by atoms with E-state index in [1.807, 2.05) is 18.2 Å². The highest BCUT2D eigenvalue weighted by molar-refractivity contribution is 8.00. The summed E-state index contributed by atoms with van der Waals surface area (Å²) in [6, 6.07) is 12.5. The molecule has 1 unspecified atom stereocenters. The Morgan fingerprint density at radius 3 is 2.37 bits per heavy atom. The van der Waals surface area contributed by atoms with Crippen LogP contribution in [0.5, 0.6) is 0 Å². The van der Waals surface area contributed by atoms with Crippen molar-refractivity contribution in [2.75, 3.05) is 19.8 Å². The summed E-state index contributed by atoms with van der Waals surface area (Å²) in [7, 11) is 3.04. The summed E-state index contributed by atoms with van der Waals surface area (Å²) in [6.45, 7) is 0. The summed E-state index contributed by atoms with van der Waals surface area (Å²) in [5.74, 6) is -0.557. The first-order valence-corrected chi connectivity index (χ1v) is 8.77. The van der Waals surface area contributed by atoms with Gasteiger partial charge in [-0.25, -0.2) is 4.98 Å². The smallest absolute Gasteiger partial charge is 0.250 e. The minimum absolute atomic E-state index is 0.0106. The Kier molecular flexibility index (Phi) is 6.26. The number of rotatable bonds is 4. The van der Waals surface area contributed by atoms with Crippen LogP contribution in [0, 0.1) is 34.0 Å². The lowest BCUT2D eigenvalue weighted by atomic mass is 9.97. The molecule has 1 amide bonds. The first kappa shape index (κ1) is 20.1. The van der Waals surface area contributed by atoms with Crippen LogP contribution in [0.3, 0.4) is 0 Å². The summed E-state index contributed by atoms with van der Waals surface area (Å²) in [5.41, 5.74) is 6.63. The summed E-state index contributed by atoms with van der Waals surface area (Å²) in [6.07, 6.45) is 0. The number of amides is 1. The van der Waals surface area contributed by atoms with Gasteiger partial charge in [0.25, 0.3) is 0 Å². The molecular weight excluding hydrogens is 384 g/mol. The van der Waals surface area contributed by atoms with E-state index < -0.39 is 11.2 Å².